The number of carbonyl (C=O) groups excluding carboxylic acids is 1. The largest absolute Gasteiger partial charge is 0.489 e. The van der Waals surface area contributed by atoms with E-state index in [0.717, 1.165) is 26.4 Å². The van der Waals surface area contributed by atoms with Gasteiger partial charge >= 0.3 is 0 Å². The smallest absolute Gasteiger partial charge is 0.140 e. The van der Waals surface area contributed by atoms with E-state index < -0.39 is 0 Å². The number of Topliss-reactive ketones (excluding diaryl/α,β-unsaturated/α-hetero) is 1. The average Bonchev–Trinajstić information content (AvgIpc) is 2.91. The number of carbonyl (C=O) groups is 1. The van der Waals surface area contributed by atoms with Gasteiger partial charge in [0.2, 0.25) is 0 Å². The van der Waals surface area contributed by atoms with Gasteiger partial charge in [0.15, 0.2) is 0 Å². The zero-order valence-corrected chi connectivity index (χ0v) is 11.9. The number of fused-ring (bicyclic) bond motifs is 3. The molecular weight excluding hydrogens is 278 g/mol. The quantitative estimate of drug-likeness (QED) is 0.717. The highest BCUT2D eigenvalue weighted by Gasteiger charge is 2.29. The normalized spacial score (nSPS) is 16.2. The molecule has 1 aromatic carbocycles. The minimum absolute atomic E-state index is 0.0575. The molecule has 0 bridgehead atoms. The van der Waals surface area contributed by atoms with Crippen LogP contribution in [0.5, 0.6) is 5.75 Å². The highest BCUT2D eigenvalue weighted by atomic mass is 32.1. The van der Waals surface area contributed by atoms with E-state index in [2.05, 4.69) is 22.5 Å². The second kappa shape index (κ2) is 4.02. The summed E-state index contributed by atoms with van der Waals surface area (Å²) >= 11 is 3.38. The molecule has 0 spiro atoms. The Morgan fingerprint density at radius 3 is 3.05 bits per heavy atom. The van der Waals surface area contributed by atoms with Gasteiger partial charge in [0, 0.05) is 24.3 Å². The summed E-state index contributed by atoms with van der Waals surface area (Å²) in [7, 11) is 0. The molecule has 1 aliphatic carbocycles. The van der Waals surface area contributed by atoms with Crippen LogP contribution < -0.4 is 4.74 Å². The summed E-state index contributed by atoms with van der Waals surface area (Å²) in [5.74, 6) is 1.19. The van der Waals surface area contributed by atoms with Crippen LogP contribution in [-0.2, 0) is 4.79 Å². The predicted octanol–water partition coefficient (Wildman–Crippen LogP) is 3.93. The van der Waals surface area contributed by atoms with E-state index in [0.29, 0.717) is 18.6 Å². The Balaban J connectivity index is 1.87. The van der Waals surface area contributed by atoms with Crippen molar-refractivity contribution in [3.8, 4) is 5.75 Å². The lowest BCUT2D eigenvalue weighted by Gasteiger charge is -2.25. The monoisotopic (exact) mass is 289 g/mol. The molecule has 1 aliphatic rings. The van der Waals surface area contributed by atoms with Crippen molar-refractivity contribution in [3.05, 3.63) is 22.5 Å². The van der Waals surface area contributed by atoms with Crippen LogP contribution in [0, 0.1) is 6.92 Å². The lowest BCUT2D eigenvalue weighted by Crippen LogP contribution is -2.33. The van der Waals surface area contributed by atoms with Crippen molar-refractivity contribution in [1.82, 2.24) is 4.98 Å². The molecule has 0 N–H and O–H groups in total. The van der Waals surface area contributed by atoms with Crippen LogP contribution in [-0.4, -0.2) is 16.9 Å². The SMILES string of the molecule is Cc1nc2c(cc(OC3CC(=O)C3)c3ccsc32)s1. The molecule has 2 heterocycles. The standard InChI is InChI=1S/C14H11NO2S2/c1-7-15-13-12(19-7)6-11(10-2-3-18-14(10)13)17-9-4-8(16)5-9/h2-3,6,9H,4-5H2,1H3. The number of benzene rings is 1. The fraction of sp³-hybridized carbons (Fsp3) is 0.286. The molecule has 96 valence electrons. The fourth-order valence-corrected chi connectivity index (χ4v) is 4.23. The number of rotatable bonds is 2. The number of hydrogen-bond acceptors (Lipinski definition) is 5. The number of thiophene rings is 1. The lowest BCUT2D eigenvalue weighted by molar-refractivity contribution is -0.129. The Hall–Kier alpha value is -1.46. The van der Waals surface area contributed by atoms with Crippen molar-refractivity contribution in [2.75, 3.05) is 0 Å². The van der Waals surface area contributed by atoms with Gasteiger partial charge in [-0.2, -0.15) is 0 Å². The van der Waals surface area contributed by atoms with Crippen LogP contribution in [0.2, 0.25) is 0 Å². The molecule has 4 rings (SSSR count). The molecule has 5 heteroatoms. The van der Waals surface area contributed by atoms with Gasteiger partial charge in [0.05, 0.1) is 19.9 Å². The molecule has 3 nitrogen and oxygen atoms in total. The maximum Gasteiger partial charge on any atom is 0.140 e. The molecule has 0 atom stereocenters. The van der Waals surface area contributed by atoms with E-state index in [-0.39, 0.29) is 6.10 Å². The van der Waals surface area contributed by atoms with Gasteiger partial charge in [-0.15, -0.1) is 22.7 Å². The summed E-state index contributed by atoms with van der Waals surface area (Å²) in [6.07, 6.45) is 1.15. The van der Waals surface area contributed by atoms with Crippen LogP contribution >= 0.6 is 22.7 Å². The van der Waals surface area contributed by atoms with E-state index in [1.165, 1.54) is 4.70 Å². The second-order valence-electron chi connectivity index (χ2n) is 4.80. The van der Waals surface area contributed by atoms with Crippen LogP contribution in [0.1, 0.15) is 17.8 Å². The molecule has 0 amide bonds. The molecule has 0 saturated heterocycles. The van der Waals surface area contributed by atoms with Gasteiger partial charge in [0.25, 0.3) is 0 Å². The molecule has 0 unspecified atom stereocenters. The first-order valence-electron chi connectivity index (χ1n) is 6.16. The van der Waals surface area contributed by atoms with Gasteiger partial charge in [-0.3, -0.25) is 4.79 Å². The summed E-state index contributed by atoms with van der Waals surface area (Å²) in [5, 5.41) is 4.25. The predicted molar refractivity (Wildman–Crippen MR) is 78.4 cm³/mol. The highest BCUT2D eigenvalue weighted by Crippen LogP contribution is 2.40. The van der Waals surface area contributed by atoms with Crippen molar-refractivity contribution in [3.63, 3.8) is 0 Å². The van der Waals surface area contributed by atoms with Crippen LogP contribution in [0.3, 0.4) is 0 Å². The van der Waals surface area contributed by atoms with Gasteiger partial charge in [-0.25, -0.2) is 4.98 Å². The third kappa shape index (κ3) is 1.76. The maximum atomic E-state index is 11.0. The number of aromatic nitrogens is 1. The number of hydrogen-bond donors (Lipinski definition) is 0. The van der Waals surface area contributed by atoms with E-state index >= 15 is 0 Å². The van der Waals surface area contributed by atoms with Crippen molar-refractivity contribution in [2.45, 2.75) is 25.9 Å². The third-order valence-corrected chi connectivity index (χ3v) is 5.21. The third-order valence-electron chi connectivity index (χ3n) is 3.37. The summed E-state index contributed by atoms with van der Waals surface area (Å²) in [6.45, 7) is 2.02. The molecule has 19 heavy (non-hydrogen) atoms. The lowest BCUT2D eigenvalue weighted by atomic mass is 9.94. The Bertz CT molecular complexity index is 794. The molecule has 3 aromatic rings. The minimum Gasteiger partial charge on any atom is -0.489 e. The van der Waals surface area contributed by atoms with Crippen LogP contribution in [0.25, 0.3) is 20.3 Å². The van der Waals surface area contributed by atoms with Gasteiger partial charge in [-0.05, 0) is 18.4 Å². The average molecular weight is 289 g/mol. The van der Waals surface area contributed by atoms with E-state index in [9.17, 15) is 4.79 Å². The summed E-state index contributed by atoms with van der Waals surface area (Å²) in [6, 6.07) is 4.14. The van der Waals surface area contributed by atoms with E-state index in [4.69, 9.17) is 4.74 Å². The van der Waals surface area contributed by atoms with Crippen LogP contribution in [0.4, 0.5) is 0 Å². The van der Waals surface area contributed by atoms with Gasteiger partial charge in [-0.1, -0.05) is 0 Å². The number of ketones is 1. The first kappa shape index (κ1) is 11.4. The minimum atomic E-state index is 0.0575. The fourth-order valence-electron chi connectivity index (χ4n) is 2.40. The van der Waals surface area contributed by atoms with E-state index in [1.807, 2.05) is 6.92 Å². The topological polar surface area (TPSA) is 39.2 Å². The molecule has 0 radical (unpaired) electrons. The zero-order valence-electron chi connectivity index (χ0n) is 10.3. The second-order valence-corrected chi connectivity index (χ2v) is 6.96. The number of ether oxygens (including phenoxy) is 1. The Morgan fingerprint density at radius 2 is 2.26 bits per heavy atom. The number of thiazole rings is 1. The summed E-state index contributed by atoms with van der Waals surface area (Å²) < 4.78 is 8.32. The Kier molecular flexibility index (Phi) is 2.40. The molecule has 0 aliphatic heterocycles. The van der Waals surface area contributed by atoms with Crippen LogP contribution in [0.15, 0.2) is 17.5 Å². The van der Waals surface area contributed by atoms with Gasteiger partial charge in [0.1, 0.15) is 17.6 Å². The summed E-state index contributed by atoms with van der Waals surface area (Å²) in [5.41, 5.74) is 1.07. The van der Waals surface area contributed by atoms with E-state index in [1.54, 1.807) is 22.7 Å². The zero-order chi connectivity index (χ0) is 13.0. The Labute approximate surface area is 117 Å². The number of aryl methyl sites for hydroxylation is 1. The first-order chi connectivity index (χ1) is 9.20. The molecule has 1 saturated carbocycles. The number of nitrogens with zero attached hydrogens (tertiary/aromatic N) is 1. The first-order valence-corrected chi connectivity index (χ1v) is 7.86. The summed E-state index contributed by atoms with van der Waals surface area (Å²) in [4.78, 5) is 15.6. The highest BCUT2D eigenvalue weighted by molar-refractivity contribution is 7.21. The molecule has 1 fully saturated rings. The Morgan fingerprint density at radius 1 is 1.42 bits per heavy atom. The van der Waals surface area contributed by atoms with Gasteiger partial charge < -0.3 is 4.74 Å². The maximum absolute atomic E-state index is 11.0. The van der Waals surface area contributed by atoms with Crippen molar-refractivity contribution in [2.24, 2.45) is 0 Å². The van der Waals surface area contributed by atoms with Crippen molar-refractivity contribution >= 4 is 48.8 Å². The van der Waals surface area contributed by atoms with Crippen molar-refractivity contribution in [1.29, 1.82) is 0 Å². The molecular formula is C14H11NO2S2. The molecule has 2 aromatic heterocycles. The van der Waals surface area contributed by atoms with Crippen molar-refractivity contribution < 1.29 is 9.53 Å².